The quantitative estimate of drug-likeness (QED) is 0.380. The molecule has 0 aromatic heterocycles. The smallest absolute Gasteiger partial charge is 0.280 e. The Morgan fingerprint density at radius 2 is 1.56 bits per heavy atom. The predicted molar refractivity (Wildman–Crippen MR) is 128 cm³/mol. The number of ether oxygens (including phenoxy) is 2. The number of nitrogens with one attached hydrogen (secondary N) is 1. The van der Waals surface area contributed by atoms with Crippen LogP contribution in [0, 0.1) is 0 Å². The van der Waals surface area contributed by atoms with Gasteiger partial charge in [0.15, 0.2) is 6.10 Å². The molecule has 0 fully saturated rings. The maximum atomic E-state index is 12.3. The van der Waals surface area contributed by atoms with E-state index in [0.29, 0.717) is 12.4 Å². The molecule has 3 aromatic rings. The first-order valence-corrected chi connectivity index (χ1v) is 10.7. The second-order valence-electron chi connectivity index (χ2n) is 8.61. The number of hydrazone groups is 1. The molecule has 32 heavy (non-hydrogen) atoms. The predicted octanol–water partition coefficient (Wildman–Crippen LogP) is 5.48. The van der Waals surface area contributed by atoms with E-state index in [4.69, 9.17) is 9.47 Å². The molecule has 0 spiro atoms. The number of hydrogen-bond acceptors (Lipinski definition) is 4. The van der Waals surface area contributed by atoms with Gasteiger partial charge in [-0.1, -0.05) is 63.2 Å². The van der Waals surface area contributed by atoms with Crippen molar-refractivity contribution >= 4 is 12.1 Å². The number of nitrogens with zero attached hydrogens (tertiary/aromatic N) is 1. The molecule has 0 saturated heterocycles. The van der Waals surface area contributed by atoms with Gasteiger partial charge < -0.3 is 9.47 Å². The van der Waals surface area contributed by atoms with Crippen molar-refractivity contribution in [3.05, 3.63) is 95.6 Å². The largest absolute Gasteiger partial charge is 0.489 e. The van der Waals surface area contributed by atoms with Crippen molar-refractivity contribution in [2.45, 2.75) is 45.8 Å². The molecule has 5 nitrogen and oxygen atoms in total. The minimum absolute atomic E-state index is 0.0719. The summed E-state index contributed by atoms with van der Waals surface area (Å²) < 4.78 is 11.5. The molecule has 166 valence electrons. The second kappa shape index (κ2) is 10.6. The molecule has 0 heterocycles. The van der Waals surface area contributed by atoms with Crippen LogP contribution in [-0.2, 0) is 16.8 Å². The molecule has 5 heteroatoms. The van der Waals surface area contributed by atoms with Gasteiger partial charge in [-0.05, 0) is 65.4 Å². The number of benzene rings is 3. The van der Waals surface area contributed by atoms with E-state index in [-0.39, 0.29) is 11.3 Å². The molecule has 1 amide bonds. The number of carbonyl (C=O) groups excluding carboxylic acids is 1. The first-order chi connectivity index (χ1) is 15.3. The fourth-order valence-electron chi connectivity index (χ4n) is 2.94. The number of hydrogen-bond donors (Lipinski definition) is 1. The summed E-state index contributed by atoms with van der Waals surface area (Å²) in [5.74, 6) is 1.11. The fourth-order valence-corrected chi connectivity index (χ4v) is 2.94. The average Bonchev–Trinajstić information content (AvgIpc) is 2.79. The van der Waals surface area contributed by atoms with E-state index in [0.717, 1.165) is 16.9 Å². The van der Waals surface area contributed by atoms with Crippen LogP contribution < -0.4 is 14.9 Å². The van der Waals surface area contributed by atoms with Gasteiger partial charge in [-0.25, -0.2) is 5.43 Å². The Morgan fingerprint density at radius 1 is 0.938 bits per heavy atom. The van der Waals surface area contributed by atoms with Crippen molar-refractivity contribution in [2.75, 3.05) is 0 Å². The Hall–Kier alpha value is -3.60. The number of carbonyl (C=O) groups is 1. The summed E-state index contributed by atoms with van der Waals surface area (Å²) in [5, 5.41) is 4.03. The van der Waals surface area contributed by atoms with Crippen LogP contribution in [0.2, 0.25) is 0 Å². The summed E-state index contributed by atoms with van der Waals surface area (Å²) >= 11 is 0. The van der Waals surface area contributed by atoms with Crippen LogP contribution in [0.5, 0.6) is 11.5 Å². The van der Waals surface area contributed by atoms with Crippen molar-refractivity contribution in [1.29, 1.82) is 0 Å². The van der Waals surface area contributed by atoms with Gasteiger partial charge in [-0.2, -0.15) is 5.10 Å². The monoisotopic (exact) mass is 430 g/mol. The average molecular weight is 431 g/mol. The molecule has 0 aliphatic carbocycles. The van der Waals surface area contributed by atoms with Gasteiger partial charge in [0.05, 0.1) is 6.21 Å². The van der Waals surface area contributed by atoms with Gasteiger partial charge in [0, 0.05) is 0 Å². The molecular formula is C27H30N2O3. The molecule has 0 saturated carbocycles. The minimum Gasteiger partial charge on any atom is -0.489 e. The summed E-state index contributed by atoms with van der Waals surface area (Å²) in [6, 6.07) is 25.3. The highest BCUT2D eigenvalue weighted by Gasteiger charge is 2.16. The Kier molecular flexibility index (Phi) is 7.66. The van der Waals surface area contributed by atoms with Gasteiger partial charge in [0.1, 0.15) is 18.1 Å². The summed E-state index contributed by atoms with van der Waals surface area (Å²) in [6.45, 7) is 8.68. The van der Waals surface area contributed by atoms with Crippen molar-refractivity contribution in [1.82, 2.24) is 5.43 Å². The van der Waals surface area contributed by atoms with Crippen molar-refractivity contribution in [3.8, 4) is 11.5 Å². The Bertz CT molecular complexity index is 1020. The minimum atomic E-state index is -0.665. The summed E-state index contributed by atoms with van der Waals surface area (Å²) in [6.07, 6.45) is 0.922. The molecule has 1 unspecified atom stereocenters. The lowest BCUT2D eigenvalue weighted by molar-refractivity contribution is -0.127. The van der Waals surface area contributed by atoms with E-state index in [2.05, 4.69) is 31.3 Å². The van der Waals surface area contributed by atoms with Crippen LogP contribution in [0.4, 0.5) is 0 Å². The Balaban J connectivity index is 1.45. The SMILES string of the molecule is CC(Oc1ccc(C(C)(C)C)cc1)C(=O)N/N=C/c1ccc(OCc2ccccc2)cc1. The van der Waals surface area contributed by atoms with E-state index in [1.165, 1.54) is 5.56 Å². The zero-order chi connectivity index (χ0) is 23.0. The molecule has 0 radical (unpaired) electrons. The fraction of sp³-hybridized carbons (Fsp3) is 0.259. The standard InChI is InChI=1S/C27H30N2O3/c1-20(32-25-16-12-23(13-17-25)27(2,3)4)26(30)29-28-18-21-10-14-24(15-11-21)31-19-22-8-6-5-7-9-22/h5-18,20H,19H2,1-4H3,(H,29,30)/b28-18+. The third-order valence-corrected chi connectivity index (χ3v) is 4.92. The van der Waals surface area contributed by atoms with Crippen LogP contribution in [-0.4, -0.2) is 18.2 Å². The highest BCUT2D eigenvalue weighted by atomic mass is 16.5. The summed E-state index contributed by atoms with van der Waals surface area (Å²) in [7, 11) is 0. The Morgan fingerprint density at radius 3 is 2.19 bits per heavy atom. The van der Waals surface area contributed by atoms with Gasteiger partial charge in [-0.3, -0.25) is 4.79 Å². The zero-order valence-electron chi connectivity index (χ0n) is 19.0. The molecule has 3 aromatic carbocycles. The molecule has 1 atom stereocenters. The van der Waals surface area contributed by atoms with Gasteiger partial charge in [-0.15, -0.1) is 0 Å². The molecule has 0 aliphatic rings. The third-order valence-electron chi connectivity index (χ3n) is 4.92. The van der Waals surface area contributed by atoms with Gasteiger partial charge in [0.25, 0.3) is 5.91 Å². The van der Waals surface area contributed by atoms with Gasteiger partial charge >= 0.3 is 0 Å². The number of rotatable bonds is 8. The van der Waals surface area contributed by atoms with Crippen molar-refractivity contribution < 1.29 is 14.3 Å². The molecule has 0 bridgehead atoms. The Labute approximate surface area is 190 Å². The topological polar surface area (TPSA) is 59.9 Å². The maximum absolute atomic E-state index is 12.3. The second-order valence-corrected chi connectivity index (χ2v) is 8.61. The van der Waals surface area contributed by atoms with Crippen LogP contribution in [0.25, 0.3) is 0 Å². The molecule has 3 rings (SSSR count). The zero-order valence-corrected chi connectivity index (χ0v) is 19.0. The summed E-state index contributed by atoms with van der Waals surface area (Å²) in [5.41, 5.74) is 5.77. The lowest BCUT2D eigenvalue weighted by atomic mass is 9.87. The lowest BCUT2D eigenvalue weighted by Crippen LogP contribution is -2.33. The van der Waals surface area contributed by atoms with Gasteiger partial charge in [0.2, 0.25) is 0 Å². The molecular weight excluding hydrogens is 400 g/mol. The van der Waals surface area contributed by atoms with E-state index in [1.54, 1.807) is 13.1 Å². The van der Waals surface area contributed by atoms with E-state index < -0.39 is 6.10 Å². The van der Waals surface area contributed by atoms with E-state index in [1.807, 2.05) is 78.9 Å². The molecule has 1 N–H and O–H groups in total. The maximum Gasteiger partial charge on any atom is 0.280 e. The molecule has 0 aliphatic heterocycles. The van der Waals surface area contributed by atoms with Crippen molar-refractivity contribution in [2.24, 2.45) is 5.10 Å². The van der Waals surface area contributed by atoms with Crippen LogP contribution in [0.3, 0.4) is 0 Å². The van der Waals surface area contributed by atoms with Crippen molar-refractivity contribution in [3.63, 3.8) is 0 Å². The lowest BCUT2D eigenvalue weighted by Gasteiger charge is -2.19. The van der Waals surface area contributed by atoms with Crippen LogP contribution >= 0.6 is 0 Å². The third kappa shape index (κ3) is 6.98. The highest BCUT2D eigenvalue weighted by molar-refractivity contribution is 5.84. The first-order valence-electron chi connectivity index (χ1n) is 10.7. The normalized spacial score (nSPS) is 12.4. The highest BCUT2D eigenvalue weighted by Crippen LogP contribution is 2.24. The summed E-state index contributed by atoms with van der Waals surface area (Å²) in [4.78, 5) is 12.3. The first kappa shape index (κ1) is 23.1. The van der Waals surface area contributed by atoms with E-state index >= 15 is 0 Å². The van der Waals surface area contributed by atoms with Crippen LogP contribution in [0.1, 0.15) is 44.4 Å². The number of amides is 1. The van der Waals surface area contributed by atoms with Crippen LogP contribution in [0.15, 0.2) is 84.0 Å². The van der Waals surface area contributed by atoms with E-state index in [9.17, 15) is 4.79 Å².